The molecule has 0 bridgehead atoms. The van der Waals surface area contributed by atoms with Crippen molar-refractivity contribution in [1.82, 2.24) is 24.9 Å². The molecule has 4 rings (SSSR count). The number of hydrogen-bond acceptors (Lipinski definition) is 7. The van der Waals surface area contributed by atoms with Gasteiger partial charge in [-0.25, -0.2) is 14.4 Å². The van der Waals surface area contributed by atoms with E-state index in [0.29, 0.717) is 39.5 Å². The van der Waals surface area contributed by atoms with Gasteiger partial charge in [-0.2, -0.15) is 9.97 Å². The van der Waals surface area contributed by atoms with E-state index in [1.807, 2.05) is 0 Å². The predicted molar refractivity (Wildman–Crippen MR) is 97.3 cm³/mol. The molecule has 0 radical (unpaired) electrons. The molecule has 9 heteroatoms. The molecule has 0 unspecified atom stereocenters. The summed E-state index contributed by atoms with van der Waals surface area (Å²) in [4.78, 5) is 20.2. The fourth-order valence-corrected chi connectivity index (χ4v) is 2.81. The van der Waals surface area contributed by atoms with Gasteiger partial charge in [-0.3, -0.25) is 0 Å². The first kappa shape index (κ1) is 16.0. The number of fused-ring (bicyclic) bond motifs is 3. The van der Waals surface area contributed by atoms with Crippen LogP contribution in [0.2, 0.25) is 0 Å². The second-order valence-electron chi connectivity index (χ2n) is 5.65. The standard InChI is InChI=1S/C17H16FN7O/c1-8-21-6-10(7-22-8)26-17-24-15(20-3)13-11-4-9(18)5-12(19-2)14(11)23-16(13)25-17/h4-7,19H,1-3H3,(H2,20,23,24,25). The Labute approximate surface area is 147 Å². The molecule has 3 heterocycles. The van der Waals surface area contributed by atoms with Crippen LogP contribution in [0.4, 0.5) is 15.9 Å². The molecule has 3 N–H and O–H groups in total. The molecule has 0 atom stereocenters. The van der Waals surface area contributed by atoms with Gasteiger partial charge in [0.15, 0.2) is 5.75 Å². The number of rotatable bonds is 4. The van der Waals surface area contributed by atoms with Crippen LogP contribution in [0.3, 0.4) is 0 Å². The summed E-state index contributed by atoms with van der Waals surface area (Å²) in [5.74, 6) is 1.25. The van der Waals surface area contributed by atoms with Crippen LogP contribution in [0.1, 0.15) is 5.82 Å². The van der Waals surface area contributed by atoms with E-state index in [4.69, 9.17) is 4.74 Å². The topological polar surface area (TPSA) is 101 Å². The maximum atomic E-state index is 14.0. The minimum atomic E-state index is -0.345. The highest BCUT2D eigenvalue weighted by molar-refractivity contribution is 6.14. The summed E-state index contributed by atoms with van der Waals surface area (Å²) in [6.07, 6.45) is 3.10. The molecular weight excluding hydrogens is 337 g/mol. The van der Waals surface area contributed by atoms with Crippen LogP contribution in [0.25, 0.3) is 21.9 Å². The average Bonchev–Trinajstić information content (AvgIpc) is 3.00. The van der Waals surface area contributed by atoms with E-state index in [9.17, 15) is 4.39 Å². The SMILES string of the molecule is CNc1cc(F)cc2c1[nH]c1nc(Oc3cnc(C)nc3)nc(NC)c12. The maximum absolute atomic E-state index is 14.0. The number of benzene rings is 1. The number of H-pyrrole nitrogens is 1. The van der Waals surface area contributed by atoms with Crippen LogP contribution in [0, 0.1) is 12.7 Å². The predicted octanol–water partition coefficient (Wildman–Crippen LogP) is 3.22. The Bertz CT molecular complexity index is 1110. The van der Waals surface area contributed by atoms with E-state index in [1.54, 1.807) is 33.4 Å². The maximum Gasteiger partial charge on any atom is 0.326 e. The monoisotopic (exact) mass is 353 g/mol. The number of nitrogens with one attached hydrogen (secondary N) is 3. The lowest BCUT2D eigenvalue weighted by atomic mass is 10.1. The average molecular weight is 353 g/mol. The first-order chi connectivity index (χ1) is 12.6. The highest BCUT2D eigenvalue weighted by Crippen LogP contribution is 2.35. The van der Waals surface area contributed by atoms with E-state index in [2.05, 4.69) is 35.6 Å². The van der Waals surface area contributed by atoms with Gasteiger partial charge < -0.3 is 20.4 Å². The Morgan fingerprint density at radius 3 is 2.54 bits per heavy atom. The Hall–Kier alpha value is -3.49. The van der Waals surface area contributed by atoms with Crippen LogP contribution in [-0.4, -0.2) is 39.0 Å². The normalized spacial score (nSPS) is 11.1. The lowest BCUT2D eigenvalue weighted by Gasteiger charge is -2.07. The highest BCUT2D eigenvalue weighted by Gasteiger charge is 2.17. The Balaban J connectivity index is 1.90. The van der Waals surface area contributed by atoms with Gasteiger partial charge in [0.05, 0.1) is 29.0 Å². The third-order valence-corrected chi connectivity index (χ3v) is 3.98. The molecular formula is C17H16FN7O. The first-order valence-corrected chi connectivity index (χ1v) is 7.94. The molecule has 0 aliphatic carbocycles. The van der Waals surface area contributed by atoms with Gasteiger partial charge in [0, 0.05) is 19.5 Å². The van der Waals surface area contributed by atoms with Crippen molar-refractivity contribution in [1.29, 1.82) is 0 Å². The molecule has 4 aromatic rings. The van der Waals surface area contributed by atoms with Gasteiger partial charge in [0.25, 0.3) is 0 Å². The van der Waals surface area contributed by atoms with Gasteiger partial charge in [-0.15, -0.1) is 0 Å². The second-order valence-corrected chi connectivity index (χ2v) is 5.65. The third-order valence-electron chi connectivity index (χ3n) is 3.98. The number of hydrogen-bond donors (Lipinski definition) is 3. The zero-order chi connectivity index (χ0) is 18.3. The van der Waals surface area contributed by atoms with Crippen LogP contribution in [0.15, 0.2) is 24.5 Å². The van der Waals surface area contributed by atoms with Crippen molar-refractivity contribution in [2.24, 2.45) is 0 Å². The fourth-order valence-electron chi connectivity index (χ4n) is 2.81. The smallest absolute Gasteiger partial charge is 0.326 e. The fraction of sp³-hybridized carbons (Fsp3) is 0.176. The largest absolute Gasteiger partial charge is 0.421 e. The van der Waals surface area contributed by atoms with Crippen LogP contribution >= 0.6 is 0 Å². The number of aromatic nitrogens is 5. The molecule has 0 fully saturated rings. The van der Waals surface area contributed by atoms with E-state index >= 15 is 0 Å². The van der Waals surface area contributed by atoms with E-state index in [1.165, 1.54) is 12.1 Å². The molecule has 0 saturated carbocycles. The van der Waals surface area contributed by atoms with E-state index in [-0.39, 0.29) is 11.8 Å². The number of aryl methyl sites for hydroxylation is 1. The van der Waals surface area contributed by atoms with Crippen molar-refractivity contribution in [3.05, 3.63) is 36.2 Å². The van der Waals surface area contributed by atoms with Gasteiger partial charge >= 0.3 is 6.01 Å². The van der Waals surface area contributed by atoms with E-state index < -0.39 is 0 Å². The highest BCUT2D eigenvalue weighted by atomic mass is 19.1. The second kappa shape index (κ2) is 6.10. The van der Waals surface area contributed by atoms with Crippen molar-refractivity contribution in [2.45, 2.75) is 6.92 Å². The molecule has 1 aromatic carbocycles. The third kappa shape index (κ3) is 2.63. The van der Waals surface area contributed by atoms with Gasteiger partial charge in [-0.05, 0) is 19.1 Å². The zero-order valence-corrected chi connectivity index (χ0v) is 14.4. The van der Waals surface area contributed by atoms with E-state index in [0.717, 1.165) is 5.52 Å². The number of aromatic amines is 1. The number of halogens is 1. The molecule has 132 valence electrons. The number of nitrogens with zero attached hydrogens (tertiary/aromatic N) is 4. The van der Waals surface area contributed by atoms with Crippen molar-refractivity contribution in [3.63, 3.8) is 0 Å². The van der Waals surface area contributed by atoms with Crippen molar-refractivity contribution >= 4 is 33.4 Å². The Morgan fingerprint density at radius 2 is 1.85 bits per heavy atom. The molecule has 0 spiro atoms. The summed E-state index contributed by atoms with van der Waals surface area (Å²) in [5.41, 5.74) is 1.91. The minimum Gasteiger partial charge on any atom is -0.421 e. The lowest BCUT2D eigenvalue weighted by molar-refractivity contribution is 0.440. The summed E-state index contributed by atoms with van der Waals surface area (Å²) >= 11 is 0. The van der Waals surface area contributed by atoms with Gasteiger partial charge in [-0.1, -0.05) is 0 Å². The molecule has 0 aliphatic rings. The van der Waals surface area contributed by atoms with Gasteiger partial charge in [0.1, 0.15) is 23.1 Å². The molecule has 0 aliphatic heterocycles. The number of anilines is 2. The molecule has 0 amide bonds. The molecule has 26 heavy (non-hydrogen) atoms. The Morgan fingerprint density at radius 1 is 1.08 bits per heavy atom. The molecule has 8 nitrogen and oxygen atoms in total. The summed E-state index contributed by atoms with van der Waals surface area (Å²) < 4.78 is 19.6. The van der Waals surface area contributed by atoms with Crippen molar-refractivity contribution in [3.8, 4) is 11.8 Å². The summed E-state index contributed by atoms with van der Waals surface area (Å²) in [7, 11) is 3.47. The summed E-state index contributed by atoms with van der Waals surface area (Å²) in [6.45, 7) is 1.79. The quantitative estimate of drug-likeness (QED) is 0.518. The summed E-state index contributed by atoms with van der Waals surface area (Å²) in [6, 6.07) is 3.01. The lowest BCUT2D eigenvalue weighted by Crippen LogP contribution is -1.99. The van der Waals surface area contributed by atoms with Crippen LogP contribution in [0.5, 0.6) is 11.8 Å². The minimum absolute atomic E-state index is 0.132. The molecule has 3 aromatic heterocycles. The first-order valence-electron chi connectivity index (χ1n) is 7.94. The van der Waals surface area contributed by atoms with Crippen molar-refractivity contribution in [2.75, 3.05) is 24.7 Å². The zero-order valence-electron chi connectivity index (χ0n) is 14.4. The molecule has 0 saturated heterocycles. The number of ether oxygens (including phenoxy) is 1. The van der Waals surface area contributed by atoms with Gasteiger partial charge in [0.2, 0.25) is 0 Å². The van der Waals surface area contributed by atoms with Crippen LogP contribution in [-0.2, 0) is 0 Å². The van der Waals surface area contributed by atoms with Crippen molar-refractivity contribution < 1.29 is 9.13 Å². The van der Waals surface area contributed by atoms with Crippen LogP contribution < -0.4 is 15.4 Å². The summed E-state index contributed by atoms with van der Waals surface area (Å²) in [5, 5.41) is 7.36. The Kier molecular flexibility index (Phi) is 3.76.